The van der Waals surface area contributed by atoms with E-state index in [2.05, 4.69) is 124 Å². The number of pyridine rings is 3. The van der Waals surface area contributed by atoms with Gasteiger partial charge in [0, 0.05) is 41.0 Å². The third kappa shape index (κ3) is 2.91. The zero-order valence-corrected chi connectivity index (χ0v) is 28.2. The normalized spacial score (nSPS) is 21.4. The molecule has 2 atom stereocenters. The van der Waals surface area contributed by atoms with Crippen molar-refractivity contribution in [2.45, 2.75) is 96.9 Å². The van der Waals surface area contributed by atoms with Gasteiger partial charge in [0.05, 0.1) is 16.3 Å². The molecule has 4 heterocycles. The SMILES string of the molecule is CCCCc1ccc2c3c4[n+](ccc13)C1(CC)c3c([n+]5ccc(C)cc5c5cc(C)ccc35)C1(CC)c1ccc(F)c(c1-4)C2(C)C. The number of hydrogen-bond donors (Lipinski definition) is 0. The largest absolute Gasteiger partial charge is 0.222 e. The van der Waals surface area contributed by atoms with Crippen LogP contribution in [-0.4, -0.2) is 0 Å². The molecule has 2 nitrogen and oxygen atoms in total. The summed E-state index contributed by atoms with van der Waals surface area (Å²) < 4.78 is 21.6. The second-order valence-electron chi connectivity index (χ2n) is 14.9. The quantitative estimate of drug-likeness (QED) is 0.136. The number of hydrogen-bond acceptors (Lipinski definition) is 0. The number of nitrogens with zero attached hydrogens (tertiary/aromatic N) is 2. The maximum absolute atomic E-state index is 16.5. The van der Waals surface area contributed by atoms with Crippen molar-refractivity contribution in [1.29, 1.82) is 0 Å². The van der Waals surface area contributed by atoms with Crippen molar-refractivity contribution in [1.82, 2.24) is 0 Å². The minimum absolute atomic E-state index is 0.0927. The van der Waals surface area contributed by atoms with Crippen LogP contribution < -0.4 is 8.97 Å². The van der Waals surface area contributed by atoms with E-state index in [9.17, 15) is 0 Å². The van der Waals surface area contributed by atoms with E-state index in [1.54, 1.807) is 6.07 Å². The molecular formula is C43H43FN2+2. The molecule has 46 heavy (non-hydrogen) atoms. The maximum Gasteiger partial charge on any atom is 0.222 e. The third-order valence-corrected chi connectivity index (χ3v) is 12.4. The molecule has 0 N–H and O–H groups in total. The molecule has 0 saturated carbocycles. The van der Waals surface area contributed by atoms with E-state index in [0.717, 1.165) is 30.4 Å². The highest BCUT2D eigenvalue weighted by atomic mass is 19.1. The van der Waals surface area contributed by atoms with Crippen LogP contribution in [0.4, 0.5) is 4.39 Å². The lowest BCUT2D eigenvalue weighted by Gasteiger charge is -2.56. The van der Waals surface area contributed by atoms with Crippen LogP contribution in [0.2, 0.25) is 0 Å². The van der Waals surface area contributed by atoms with Crippen molar-refractivity contribution in [3.63, 3.8) is 0 Å². The first-order valence-corrected chi connectivity index (χ1v) is 17.4. The standard InChI is InChI=1S/C43H43FN2/c1-8-11-12-27-14-16-31-35-28(27)20-22-46-39(35)36-32(17-18-33(44)38(36)41(31,6)7)42(9-2)40-37(43(42,46)10-3)29-15-13-25(4)23-30(29)34-24-26(5)19-21-45(34)40/h13-24H,8-12H2,1-7H3/q+2. The van der Waals surface area contributed by atoms with E-state index in [0.29, 0.717) is 0 Å². The molecule has 9 rings (SSSR count). The summed E-state index contributed by atoms with van der Waals surface area (Å²) in [4.78, 5) is 0. The van der Waals surface area contributed by atoms with Gasteiger partial charge in [-0.15, -0.1) is 0 Å². The first kappa shape index (κ1) is 28.1. The van der Waals surface area contributed by atoms with Crippen LogP contribution in [0.5, 0.6) is 0 Å². The molecule has 0 bridgehead atoms. The number of rotatable bonds is 5. The number of fused-ring (bicyclic) bond motifs is 11. The second kappa shape index (κ2) is 9.03. The van der Waals surface area contributed by atoms with Gasteiger partial charge in [-0.25, -0.2) is 4.39 Å². The zero-order chi connectivity index (χ0) is 31.9. The summed E-state index contributed by atoms with van der Waals surface area (Å²) in [5, 5.41) is 5.32. The minimum atomic E-state index is -0.468. The number of aromatic nitrogens is 2. The van der Waals surface area contributed by atoms with Crippen molar-refractivity contribution in [3.8, 4) is 11.3 Å². The second-order valence-corrected chi connectivity index (χ2v) is 14.9. The van der Waals surface area contributed by atoms with E-state index in [-0.39, 0.29) is 16.8 Å². The van der Waals surface area contributed by atoms with Crippen LogP contribution in [-0.2, 0) is 22.8 Å². The Morgan fingerprint density at radius 1 is 0.739 bits per heavy atom. The fraction of sp³-hybridized carbons (Fsp3) is 0.349. The van der Waals surface area contributed by atoms with Gasteiger partial charge < -0.3 is 0 Å². The van der Waals surface area contributed by atoms with Crippen LogP contribution in [0, 0.1) is 19.7 Å². The van der Waals surface area contributed by atoms with Crippen LogP contribution in [0.3, 0.4) is 0 Å². The molecule has 2 unspecified atom stereocenters. The van der Waals surface area contributed by atoms with Gasteiger partial charge >= 0.3 is 0 Å². The molecule has 1 aliphatic heterocycles. The number of unbranched alkanes of at least 4 members (excludes halogenated alkanes) is 1. The monoisotopic (exact) mass is 606 g/mol. The Balaban J connectivity index is 1.55. The Bertz CT molecular complexity index is 2350. The predicted molar refractivity (Wildman–Crippen MR) is 185 cm³/mol. The fourth-order valence-corrected chi connectivity index (χ4v) is 10.6. The summed E-state index contributed by atoms with van der Waals surface area (Å²) in [7, 11) is 0. The lowest BCUT2D eigenvalue weighted by Crippen LogP contribution is -2.79. The number of halogens is 1. The highest BCUT2D eigenvalue weighted by molar-refractivity contribution is 6.04. The molecule has 3 aliphatic rings. The molecule has 6 aromatic rings. The first-order chi connectivity index (χ1) is 22.2. The average Bonchev–Trinajstić information content (AvgIpc) is 3.04. The summed E-state index contributed by atoms with van der Waals surface area (Å²) in [6.07, 6.45) is 9.94. The molecule has 0 fully saturated rings. The Kier molecular flexibility index (Phi) is 5.52. The molecule has 3 heteroatoms. The van der Waals surface area contributed by atoms with Crippen molar-refractivity contribution in [2.24, 2.45) is 0 Å². The van der Waals surface area contributed by atoms with E-state index in [4.69, 9.17) is 0 Å². The van der Waals surface area contributed by atoms with Crippen LogP contribution in [0.25, 0.3) is 38.3 Å². The highest BCUT2D eigenvalue weighted by Crippen LogP contribution is 2.67. The zero-order valence-electron chi connectivity index (χ0n) is 28.2. The van der Waals surface area contributed by atoms with Crippen molar-refractivity contribution >= 4 is 27.1 Å². The molecule has 0 amide bonds. The minimum Gasteiger partial charge on any atom is -0.207 e. The van der Waals surface area contributed by atoms with Crippen LogP contribution in [0.15, 0.2) is 73.1 Å². The van der Waals surface area contributed by atoms with Crippen LogP contribution in [0.1, 0.15) is 105 Å². The van der Waals surface area contributed by atoms with Gasteiger partial charge in [-0.2, -0.15) is 8.97 Å². The molecule has 3 aromatic heterocycles. The van der Waals surface area contributed by atoms with E-state index in [1.807, 2.05) is 0 Å². The molecule has 230 valence electrons. The Morgan fingerprint density at radius 2 is 1.52 bits per heavy atom. The smallest absolute Gasteiger partial charge is 0.207 e. The van der Waals surface area contributed by atoms with E-state index in [1.165, 1.54) is 84.7 Å². The predicted octanol–water partition coefficient (Wildman–Crippen LogP) is 9.60. The molecule has 0 saturated heterocycles. The van der Waals surface area contributed by atoms with Gasteiger partial charge in [0.15, 0.2) is 17.8 Å². The van der Waals surface area contributed by atoms with Gasteiger partial charge in [-0.05, 0) is 72.9 Å². The summed E-state index contributed by atoms with van der Waals surface area (Å²) in [6, 6.07) is 22.6. The Hall–Kier alpha value is -4.11. The van der Waals surface area contributed by atoms with Gasteiger partial charge in [0.2, 0.25) is 22.4 Å². The van der Waals surface area contributed by atoms with E-state index >= 15 is 4.39 Å². The lowest BCUT2D eigenvalue weighted by molar-refractivity contribution is -0.768. The van der Waals surface area contributed by atoms with Gasteiger partial charge in [-0.1, -0.05) is 76.9 Å². The van der Waals surface area contributed by atoms with Crippen molar-refractivity contribution in [3.05, 3.63) is 124 Å². The number of aryl methyl sites for hydroxylation is 3. The maximum atomic E-state index is 16.5. The number of benzene rings is 3. The summed E-state index contributed by atoms with van der Waals surface area (Å²) >= 11 is 0. The molecular weight excluding hydrogens is 563 g/mol. The summed E-state index contributed by atoms with van der Waals surface area (Å²) in [5.74, 6) is -0.0927. The Labute approximate surface area is 271 Å². The third-order valence-electron chi connectivity index (χ3n) is 12.4. The topological polar surface area (TPSA) is 7.98 Å². The fourth-order valence-electron chi connectivity index (χ4n) is 10.6. The Morgan fingerprint density at radius 3 is 2.28 bits per heavy atom. The average molecular weight is 607 g/mol. The van der Waals surface area contributed by atoms with Gasteiger partial charge in [0.25, 0.3) is 0 Å². The summed E-state index contributed by atoms with van der Waals surface area (Å²) in [5.41, 5.74) is 12.6. The molecule has 0 spiro atoms. The first-order valence-electron chi connectivity index (χ1n) is 17.4. The highest BCUT2D eigenvalue weighted by Gasteiger charge is 2.78. The van der Waals surface area contributed by atoms with Crippen molar-refractivity contribution in [2.75, 3.05) is 0 Å². The molecule has 0 radical (unpaired) electrons. The summed E-state index contributed by atoms with van der Waals surface area (Å²) in [6.45, 7) is 15.9. The van der Waals surface area contributed by atoms with Gasteiger partial charge in [0.1, 0.15) is 11.4 Å². The van der Waals surface area contributed by atoms with Gasteiger partial charge in [-0.3, -0.25) is 0 Å². The molecule has 3 aromatic carbocycles. The van der Waals surface area contributed by atoms with Crippen molar-refractivity contribution < 1.29 is 13.4 Å². The van der Waals surface area contributed by atoms with Crippen LogP contribution >= 0.6 is 0 Å². The molecule has 2 aliphatic carbocycles. The van der Waals surface area contributed by atoms with E-state index < -0.39 is 5.41 Å². The lowest BCUT2D eigenvalue weighted by atomic mass is 9.44.